The van der Waals surface area contributed by atoms with Gasteiger partial charge < -0.3 is 10.0 Å². The first-order valence-electron chi connectivity index (χ1n) is 5.65. The van der Waals surface area contributed by atoms with E-state index in [4.69, 9.17) is 11.6 Å². The lowest BCUT2D eigenvalue weighted by atomic mass is 9.96. The third-order valence-electron chi connectivity index (χ3n) is 3.23. The number of pyridine rings is 1. The third-order valence-corrected chi connectivity index (χ3v) is 3.52. The van der Waals surface area contributed by atoms with Gasteiger partial charge in [0.2, 0.25) is 0 Å². The molecule has 0 aromatic carbocycles. The number of β-amino-alcohol motifs (C(OH)–C–C–N with tert-alkyl or cyclic N) is 1. The smallest absolute Gasteiger partial charge is 0.133 e. The number of hydrogen-bond acceptors (Lipinski definition) is 3. The Balaban J connectivity index is 2.18. The maximum atomic E-state index is 9.87. The van der Waals surface area contributed by atoms with Gasteiger partial charge in [-0.1, -0.05) is 13.0 Å². The van der Waals surface area contributed by atoms with Crippen LogP contribution in [0.1, 0.15) is 18.9 Å². The van der Waals surface area contributed by atoms with Gasteiger partial charge in [0, 0.05) is 24.8 Å². The number of piperidine rings is 1. The summed E-state index contributed by atoms with van der Waals surface area (Å²) in [5.41, 5.74) is 1.03. The molecular weight excluding hydrogens is 224 g/mol. The highest BCUT2D eigenvalue weighted by atomic mass is 35.5. The molecule has 2 atom stereocenters. The van der Waals surface area contributed by atoms with Gasteiger partial charge in [0.1, 0.15) is 5.82 Å². The van der Waals surface area contributed by atoms with Crippen LogP contribution in [0.15, 0.2) is 18.3 Å². The molecule has 0 radical (unpaired) electrons. The lowest BCUT2D eigenvalue weighted by Gasteiger charge is -2.35. The zero-order valence-electron chi connectivity index (χ0n) is 9.43. The van der Waals surface area contributed by atoms with Gasteiger partial charge in [0.25, 0.3) is 0 Å². The number of aliphatic hydroxyl groups is 1. The van der Waals surface area contributed by atoms with E-state index >= 15 is 0 Å². The molecule has 1 aromatic heterocycles. The zero-order valence-corrected chi connectivity index (χ0v) is 10.2. The van der Waals surface area contributed by atoms with E-state index in [1.807, 2.05) is 12.1 Å². The summed E-state index contributed by atoms with van der Waals surface area (Å²) in [6.45, 7) is 3.68. The topological polar surface area (TPSA) is 36.4 Å². The van der Waals surface area contributed by atoms with Gasteiger partial charge in [-0.15, -0.1) is 11.6 Å². The summed E-state index contributed by atoms with van der Waals surface area (Å²) in [6, 6.07) is 3.88. The van der Waals surface area contributed by atoms with E-state index in [9.17, 15) is 5.11 Å². The van der Waals surface area contributed by atoms with E-state index in [-0.39, 0.29) is 6.10 Å². The molecule has 1 aliphatic rings. The zero-order chi connectivity index (χ0) is 11.5. The van der Waals surface area contributed by atoms with Crippen molar-refractivity contribution in [2.45, 2.75) is 25.3 Å². The molecule has 0 bridgehead atoms. The lowest BCUT2D eigenvalue weighted by molar-refractivity contribution is 0.102. The van der Waals surface area contributed by atoms with E-state index in [1.54, 1.807) is 6.20 Å². The van der Waals surface area contributed by atoms with Crippen molar-refractivity contribution in [1.82, 2.24) is 4.98 Å². The molecule has 1 aromatic rings. The highest BCUT2D eigenvalue weighted by Gasteiger charge is 2.25. The fourth-order valence-electron chi connectivity index (χ4n) is 2.06. The Morgan fingerprint density at radius 2 is 2.44 bits per heavy atom. The van der Waals surface area contributed by atoms with Crippen LogP contribution in [0.3, 0.4) is 0 Å². The summed E-state index contributed by atoms with van der Waals surface area (Å²) in [7, 11) is 0. The van der Waals surface area contributed by atoms with Crippen molar-refractivity contribution in [3.63, 3.8) is 0 Å². The molecule has 4 heteroatoms. The minimum absolute atomic E-state index is 0.265. The van der Waals surface area contributed by atoms with Crippen LogP contribution in [0.2, 0.25) is 0 Å². The summed E-state index contributed by atoms with van der Waals surface area (Å²) in [5.74, 6) is 1.76. The highest BCUT2D eigenvalue weighted by Crippen LogP contribution is 2.25. The molecule has 2 heterocycles. The maximum Gasteiger partial charge on any atom is 0.133 e. The van der Waals surface area contributed by atoms with Crippen LogP contribution < -0.4 is 4.90 Å². The van der Waals surface area contributed by atoms with E-state index in [1.165, 1.54) is 0 Å². The number of nitrogens with zero attached hydrogens (tertiary/aromatic N) is 2. The Morgan fingerprint density at radius 1 is 1.62 bits per heavy atom. The van der Waals surface area contributed by atoms with Crippen molar-refractivity contribution in [3.05, 3.63) is 23.9 Å². The quantitative estimate of drug-likeness (QED) is 0.804. The van der Waals surface area contributed by atoms with E-state index in [0.717, 1.165) is 24.3 Å². The summed E-state index contributed by atoms with van der Waals surface area (Å²) in [4.78, 5) is 6.49. The molecule has 1 saturated heterocycles. The molecule has 2 unspecified atom stereocenters. The van der Waals surface area contributed by atoms with Gasteiger partial charge >= 0.3 is 0 Å². The monoisotopic (exact) mass is 240 g/mol. The number of hydrogen-bond donors (Lipinski definition) is 1. The molecule has 3 nitrogen and oxygen atoms in total. The van der Waals surface area contributed by atoms with Crippen molar-refractivity contribution in [3.8, 4) is 0 Å². The molecule has 1 N–H and O–H groups in total. The SMILES string of the molecule is CC1CCN(c2ncccc2CCl)CC1O. The van der Waals surface area contributed by atoms with Crippen molar-refractivity contribution in [2.24, 2.45) is 5.92 Å². The standard InChI is InChI=1S/C12H17ClN2O/c1-9-4-6-15(8-11(9)16)12-10(7-13)3-2-5-14-12/h2-3,5,9,11,16H,4,6-8H2,1H3. The van der Waals surface area contributed by atoms with Crippen LogP contribution in [0.5, 0.6) is 0 Å². The molecule has 0 amide bonds. The Kier molecular flexibility index (Phi) is 3.66. The van der Waals surface area contributed by atoms with Gasteiger partial charge in [-0.05, 0) is 18.4 Å². The van der Waals surface area contributed by atoms with Crippen LogP contribution in [0, 0.1) is 5.92 Å². The fourth-order valence-corrected chi connectivity index (χ4v) is 2.27. The molecule has 0 saturated carbocycles. The third kappa shape index (κ3) is 2.30. The van der Waals surface area contributed by atoms with Crippen molar-refractivity contribution < 1.29 is 5.11 Å². The summed E-state index contributed by atoms with van der Waals surface area (Å²) in [6.07, 6.45) is 2.51. The van der Waals surface area contributed by atoms with E-state index in [0.29, 0.717) is 18.3 Å². The summed E-state index contributed by atoms with van der Waals surface area (Å²) >= 11 is 5.89. The number of rotatable bonds is 2. The van der Waals surface area contributed by atoms with Gasteiger partial charge in [0.15, 0.2) is 0 Å². The lowest BCUT2D eigenvalue weighted by Crippen LogP contribution is -2.43. The minimum atomic E-state index is -0.265. The van der Waals surface area contributed by atoms with Gasteiger partial charge in [-0.25, -0.2) is 4.98 Å². The van der Waals surface area contributed by atoms with Crippen LogP contribution in [0.25, 0.3) is 0 Å². The van der Waals surface area contributed by atoms with Gasteiger partial charge in [-0.3, -0.25) is 0 Å². The van der Waals surface area contributed by atoms with Crippen molar-refractivity contribution in [1.29, 1.82) is 0 Å². The maximum absolute atomic E-state index is 9.87. The molecule has 0 spiro atoms. The minimum Gasteiger partial charge on any atom is -0.391 e. The normalized spacial score (nSPS) is 25.8. The average molecular weight is 241 g/mol. The predicted octanol–water partition coefficient (Wildman–Crippen LogP) is 2.03. The second-order valence-electron chi connectivity index (χ2n) is 4.40. The fraction of sp³-hybridized carbons (Fsp3) is 0.583. The summed E-state index contributed by atoms with van der Waals surface area (Å²) < 4.78 is 0. The van der Waals surface area contributed by atoms with Crippen molar-refractivity contribution >= 4 is 17.4 Å². The first-order valence-corrected chi connectivity index (χ1v) is 6.18. The van der Waals surface area contributed by atoms with Crippen LogP contribution in [-0.4, -0.2) is 29.3 Å². The molecule has 2 rings (SSSR count). The number of aliphatic hydroxyl groups excluding tert-OH is 1. The Labute approximate surface area is 101 Å². The number of aromatic nitrogens is 1. The molecule has 1 fully saturated rings. The first-order chi connectivity index (χ1) is 7.72. The average Bonchev–Trinajstić information content (AvgIpc) is 2.32. The van der Waals surface area contributed by atoms with E-state index < -0.39 is 0 Å². The Hall–Kier alpha value is -0.800. The second-order valence-corrected chi connectivity index (χ2v) is 4.67. The molecular formula is C12H17ClN2O. The van der Waals surface area contributed by atoms with Gasteiger partial charge in [0.05, 0.1) is 12.0 Å². The Bertz CT molecular complexity index is 359. The number of halogens is 1. The summed E-state index contributed by atoms with van der Waals surface area (Å²) in [5, 5.41) is 9.87. The van der Waals surface area contributed by atoms with E-state index in [2.05, 4.69) is 16.8 Å². The Morgan fingerprint density at radius 3 is 3.12 bits per heavy atom. The van der Waals surface area contributed by atoms with Crippen molar-refractivity contribution in [2.75, 3.05) is 18.0 Å². The van der Waals surface area contributed by atoms with Gasteiger partial charge in [-0.2, -0.15) is 0 Å². The number of alkyl halides is 1. The molecule has 1 aliphatic heterocycles. The van der Waals surface area contributed by atoms with Crippen LogP contribution in [-0.2, 0) is 5.88 Å². The van der Waals surface area contributed by atoms with Crippen LogP contribution in [0.4, 0.5) is 5.82 Å². The number of anilines is 1. The highest BCUT2D eigenvalue weighted by molar-refractivity contribution is 6.17. The predicted molar refractivity (Wildman–Crippen MR) is 65.8 cm³/mol. The molecule has 0 aliphatic carbocycles. The molecule has 88 valence electrons. The molecule has 16 heavy (non-hydrogen) atoms. The second kappa shape index (κ2) is 5.02. The largest absolute Gasteiger partial charge is 0.391 e. The van der Waals surface area contributed by atoms with Crippen LogP contribution >= 0.6 is 11.6 Å². The first kappa shape index (κ1) is 11.7.